The monoisotopic (exact) mass is 903 g/mol. The molecule has 71 heavy (non-hydrogen) atoms. The summed E-state index contributed by atoms with van der Waals surface area (Å²) < 4.78 is 7.05. The van der Waals surface area contributed by atoms with Gasteiger partial charge in [0.15, 0.2) is 0 Å². The van der Waals surface area contributed by atoms with Gasteiger partial charge >= 0.3 is 0 Å². The molecule has 0 aliphatic rings. The van der Waals surface area contributed by atoms with Gasteiger partial charge in [-0.2, -0.15) is 5.26 Å². The summed E-state index contributed by atoms with van der Waals surface area (Å²) in [6.07, 6.45) is 0. The number of nitriles is 1. The van der Waals surface area contributed by atoms with Crippen molar-refractivity contribution >= 4 is 65.4 Å². The fourth-order valence-electron chi connectivity index (χ4n) is 11.1. The van der Waals surface area contributed by atoms with E-state index in [1.165, 1.54) is 43.4 Å². The zero-order valence-electron chi connectivity index (χ0n) is 38.4. The van der Waals surface area contributed by atoms with E-state index in [0.717, 1.165) is 83.9 Å². The summed E-state index contributed by atoms with van der Waals surface area (Å²) in [6.45, 7) is 0. The Morgan fingerprint density at radius 1 is 0.310 bits per heavy atom. The predicted molar refractivity (Wildman–Crippen MR) is 294 cm³/mol. The Morgan fingerprint density at radius 2 is 0.662 bits per heavy atom. The van der Waals surface area contributed by atoms with E-state index < -0.39 is 0 Å². The fourth-order valence-corrected chi connectivity index (χ4v) is 11.1. The molecule has 10 aromatic carbocycles. The molecular formula is C66H41N5. The highest BCUT2D eigenvalue weighted by Crippen LogP contribution is 2.44. The number of rotatable bonds is 7. The Labute approximate surface area is 409 Å². The fraction of sp³-hybridized carbons (Fsp3) is 0. The van der Waals surface area contributed by atoms with Crippen molar-refractivity contribution in [3.8, 4) is 67.9 Å². The second-order valence-corrected chi connectivity index (χ2v) is 18.2. The van der Waals surface area contributed by atoms with Gasteiger partial charge in [-0.25, -0.2) is 4.98 Å². The Hall–Kier alpha value is -9.76. The van der Waals surface area contributed by atoms with Crippen LogP contribution in [0, 0.1) is 11.3 Å². The minimum Gasteiger partial charge on any atom is -0.309 e. The van der Waals surface area contributed by atoms with Gasteiger partial charge in [-0.05, 0) is 108 Å². The predicted octanol–water partition coefficient (Wildman–Crippen LogP) is 16.9. The van der Waals surface area contributed by atoms with Crippen LogP contribution < -0.4 is 0 Å². The third-order valence-electron chi connectivity index (χ3n) is 14.3. The quantitative estimate of drug-likeness (QED) is 0.160. The number of fused-ring (bicyclic) bond motifs is 9. The molecule has 5 heteroatoms. The number of nitrogens with zero attached hydrogens (tertiary/aromatic N) is 5. The summed E-state index contributed by atoms with van der Waals surface area (Å²) in [5, 5.41) is 17.6. The molecule has 14 rings (SSSR count). The molecule has 0 spiro atoms. The molecule has 5 nitrogen and oxygen atoms in total. The molecule has 4 heterocycles. The Morgan fingerprint density at radius 3 is 1.04 bits per heavy atom. The first kappa shape index (κ1) is 40.3. The van der Waals surface area contributed by atoms with Crippen LogP contribution in [-0.4, -0.2) is 18.7 Å². The molecule has 0 bridgehead atoms. The van der Waals surface area contributed by atoms with Crippen molar-refractivity contribution < 1.29 is 0 Å². The average molecular weight is 904 g/mol. The van der Waals surface area contributed by atoms with Crippen LogP contribution in [-0.2, 0) is 0 Å². The van der Waals surface area contributed by atoms with E-state index in [-0.39, 0.29) is 0 Å². The minimum atomic E-state index is 0.598. The summed E-state index contributed by atoms with van der Waals surface area (Å²) in [4.78, 5) is 5.67. The van der Waals surface area contributed by atoms with Gasteiger partial charge in [0.2, 0.25) is 0 Å². The topological polar surface area (TPSA) is 51.5 Å². The van der Waals surface area contributed by atoms with Crippen molar-refractivity contribution in [3.05, 3.63) is 254 Å². The number of pyridine rings is 1. The minimum absolute atomic E-state index is 0.598. The summed E-state index contributed by atoms with van der Waals surface area (Å²) in [6, 6.07) is 90.8. The lowest BCUT2D eigenvalue weighted by Crippen LogP contribution is -1.99. The summed E-state index contributed by atoms with van der Waals surface area (Å²) in [7, 11) is 0. The average Bonchev–Trinajstić information content (AvgIpc) is 4.09. The van der Waals surface area contributed by atoms with Gasteiger partial charge in [0.25, 0.3) is 0 Å². The molecule has 0 atom stereocenters. The molecule has 0 N–H and O–H groups in total. The molecule has 14 aromatic rings. The highest BCUT2D eigenvalue weighted by atomic mass is 15.0. The molecule has 0 radical (unpaired) electrons. The SMILES string of the molecule is N#Cc1cccc(-c2cc(-c3ccc(-n4c5ccccc5c5ccccc54)cc3)nc(-c3ccc(-n4c5ccccc5c5ccccc54)cc3)c2-c2ccc(-n3c4ccccc4c4ccccc43)cc2)c1. The van der Waals surface area contributed by atoms with Gasteiger partial charge < -0.3 is 13.7 Å². The number of hydrogen-bond acceptors (Lipinski definition) is 2. The van der Waals surface area contributed by atoms with Crippen molar-refractivity contribution in [2.24, 2.45) is 0 Å². The van der Waals surface area contributed by atoms with Crippen LogP contribution in [0.5, 0.6) is 0 Å². The van der Waals surface area contributed by atoms with E-state index >= 15 is 0 Å². The van der Waals surface area contributed by atoms with Crippen LogP contribution >= 0.6 is 0 Å². The van der Waals surface area contributed by atoms with Crippen molar-refractivity contribution in [2.75, 3.05) is 0 Å². The molecule has 0 aliphatic carbocycles. The lowest BCUT2D eigenvalue weighted by Gasteiger charge is -2.19. The van der Waals surface area contributed by atoms with Crippen LogP contribution in [0.1, 0.15) is 5.56 Å². The lowest BCUT2D eigenvalue weighted by atomic mass is 9.89. The third kappa shape index (κ3) is 6.43. The van der Waals surface area contributed by atoms with Crippen molar-refractivity contribution in [1.82, 2.24) is 18.7 Å². The maximum atomic E-state index is 10.2. The molecule has 0 saturated carbocycles. The van der Waals surface area contributed by atoms with Gasteiger partial charge in [-0.1, -0.05) is 158 Å². The standard InChI is InChI=1S/C66H41N5/c67-42-43-14-13-15-47(40-43)57-41-58(44-28-34-48(35-29-44)69-59-22-7-1-16-51(59)52-17-2-8-23-60(52)69)68-66(46-32-38-50(39-33-46)71-63-26-11-5-20-55(63)56-21-6-12-27-64(56)71)65(57)45-30-36-49(37-31-45)70-61-24-9-3-18-53(61)54-19-4-10-25-62(54)70/h1-41H. The second-order valence-electron chi connectivity index (χ2n) is 18.2. The van der Waals surface area contributed by atoms with Crippen LogP contribution in [0.4, 0.5) is 0 Å². The second kappa shape index (κ2) is 16.2. The maximum Gasteiger partial charge on any atom is 0.0991 e. The maximum absolute atomic E-state index is 10.2. The van der Waals surface area contributed by atoms with Gasteiger partial charge in [-0.15, -0.1) is 0 Å². The van der Waals surface area contributed by atoms with Gasteiger partial charge in [0, 0.05) is 66.1 Å². The van der Waals surface area contributed by atoms with Gasteiger partial charge in [0.05, 0.1) is 56.1 Å². The zero-order chi connectivity index (χ0) is 47.0. The number of aromatic nitrogens is 4. The Kier molecular flexibility index (Phi) is 9.20. The van der Waals surface area contributed by atoms with E-state index in [1.54, 1.807) is 0 Å². The number of para-hydroxylation sites is 6. The third-order valence-corrected chi connectivity index (χ3v) is 14.3. The summed E-state index contributed by atoms with van der Waals surface area (Å²) >= 11 is 0. The van der Waals surface area contributed by atoms with Crippen LogP contribution in [0.2, 0.25) is 0 Å². The lowest BCUT2D eigenvalue weighted by molar-refractivity contribution is 1.18. The first-order chi connectivity index (χ1) is 35.2. The molecule has 0 aliphatic heterocycles. The zero-order valence-corrected chi connectivity index (χ0v) is 38.4. The smallest absolute Gasteiger partial charge is 0.0991 e. The molecular weight excluding hydrogens is 863 g/mol. The van der Waals surface area contributed by atoms with Crippen LogP contribution in [0.25, 0.3) is 127 Å². The van der Waals surface area contributed by atoms with Gasteiger partial charge in [-0.3, -0.25) is 0 Å². The molecule has 0 saturated heterocycles. The van der Waals surface area contributed by atoms with E-state index in [0.29, 0.717) is 5.56 Å². The van der Waals surface area contributed by atoms with Crippen molar-refractivity contribution in [3.63, 3.8) is 0 Å². The van der Waals surface area contributed by atoms with Crippen molar-refractivity contribution in [2.45, 2.75) is 0 Å². The van der Waals surface area contributed by atoms with E-state index in [9.17, 15) is 5.26 Å². The van der Waals surface area contributed by atoms with E-state index in [4.69, 9.17) is 4.98 Å². The number of hydrogen-bond donors (Lipinski definition) is 0. The summed E-state index contributed by atoms with van der Waals surface area (Å²) in [5.41, 5.74) is 18.4. The first-order valence-electron chi connectivity index (χ1n) is 24.0. The largest absolute Gasteiger partial charge is 0.309 e. The molecule has 0 unspecified atom stereocenters. The molecule has 0 amide bonds. The van der Waals surface area contributed by atoms with Crippen LogP contribution in [0.15, 0.2) is 249 Å². The Balaban J connectivity index is 0.977. The highest BCUT2D eigenvalue weighted by molar-refractivity contribution is 6.11. The van der Waals surface area contributed by atoms with Crippen LogP contribution in [0.3, 0.4) is 0 Å². The first-order valence-corrected chi connectivity index (χ1v) is 24.0. The van der Waals surface area contributed by atoms with Crippen molar-refractivity contribution in [1.29, 1.82) is 5.26 Å². The highest BCUT2D eigenvalue weighted by Gasteiger charge is 2.22. The number of benzene rings is 10. The normalized spacial score (nSPS) is 11.6. The molecule has 0 fully saturated rings. The molecule has 330 valence electrons. The Bertz CT molecular complexity index is 4290. The van der Waals surface area contributed by atoms with E-state index in [2.05, 4.69) is 250 Å². The summed E-state index contributed by atoms with van der Waals surface area (Å²) in [5.74, 6) is 0. The van der Waals surface area contributed by atoms with Gasteiger partial charge in [0.1, 0.15) is 0 Å². The van der Waals surface area contributed by atoms with E-state index in [1.807, 2.05) is 18.2 Å². The molecule has 4 aromatic heterocycles.